The molecule has 7 nitrogen and oxygen atoms in total. The van der Waals surface area contributed by atoms with Gasteiger partial charge in [-0.3, -0.25) is 8.98 Å². The highest BCUT2D eigenvalue weighted by Gasteiger charge is 2.56. The number of hydrogen-bond acceptors (Lipinski definition) is 7. The second-order valence-electron chi connectivity index (χ2n) is 6.09. The van der Waals surface area contributed by atoms with Gasteiger partial charge in [0, 0.05) is 18.4 Å². The van der Waals surface area contributed by atoms with E-state index in [9.17, 15) is 18.0 Å². The van der Waals surface area contributed by atoms with E-state index in [0.717, 1.165) is 6.08 Å². The molecule has 23 heavy (non-hydrogen) atoms. The van der Waals surface area contributed by atoms with Gasteiger partial charge in [-0.1, -0.05) is 20.4 Å². The Morgan fingerprint density at radius 2 is 2.04 bits per heavy atom. The van der Waals surface area contributed by atoms with Gasteiger partial charge in [-0.2, -0.15) is 8.42 Å². The van der Waals surface area contributed by atoms with Gasteiger partial charge in [0.1, 0.15) is 12.2 Å². The molecule has 0 N–H and O–H groups in total. The zero-order valence-electron chi connectivity index (χ0n) is 13.3. The van der Waals surface area contributed by atoms with Crippen LogP contribution in [-0.4, -0.2) is 44.4 Å². The number of rotatable bonds is 6. The van der Waals surface area contributed by atoms with Crippen molar-refractivity contribution in [3.05, 3.63) is 12.7 Å². The fourth-order valence-corrected chi connectivity index (χ4v) is 5.10. The molecule has 0 aromatic rings. The summed E-state index contributed by atoms with van der Waals surface area (Å²) in [6, 6.07) is 0. The third-order valence-corrected chi connectivity index (χ3v) is 6.27. The first-order valence-electron chi connectivity index (χ1n) is 7.67. The maximum Gasteiger partial charge on any atom is 0.330 e. The van der Waals surface area contributed by atoms with Crippen LogP contribution in [0.1, 0.15) is 33.1 Å². The van der Waals surface area contributed by atoms with Crippen LogP contribution >= 0.6 is 0 Å². The largest absolute Gasteiger partial charge is 0.463 e. The Bertz CT molecular complexity index is 583. The number of fused-ring (bicyclic) bond motifs is 2. The van der Waals surface area contributed by atoms with Crippen LogP contribution in [0.15, 0.2) is 12.7 Å². The average Bonchev–Trinajstić information content (AvgIpc) is 2.64. The quantitative estimate of drug-likeness (QED) is 0.308. The lowest BCUT2D eigenvalue weighted by Crippen LogP contribution is -2.45. The van der Waals surface area contributed by atoms with Gasteiger partial charge in [0.15, 0.2) is 0 Å². The molecule has 2 fully saturated rings. The monoisotopic (exact) mass is 346 g/mol. The van der Waals surface area contributed by atoms with Gasteiger partial charge in [-0.25, -0.2) is 4.79 Å². The summed E-state index contributed by atoms with van der Waals surface area (Å²) >= 11 is 0. The lowest BCUT2D eigenvalue weighted by Gasteiger charge is -2.35. The van der Waals surface area contributed by atoms with E-state index in [1.54, 1.807) is 6.92 Å². The summed E-state index contributed by atoms with van der Waals surface area (Å²) in [4.78, 5) is 22.8. The minimum atomic E-state index is -3.57. The second kappa shape index (κ2) is 7.00. The third kappa shape index (κ3) is 3.92. The molecule has 1 saturated carbocycles. The highest BCUT2D eigenvalue weighted by atomic mass is 32.2. The molecule has 0 spiro atoms. The SMILES string of the molecule is C=CC(=O)OCCCC(=O)OC1C(C)CC2C(C)C1OS2(=O)=O. The number of carbonyl (C=O) groups excluding carboxylic acids is 2. The Labute approximate surface area is 136 Å². The predicted molar refractivity (Wildman–Crippen MR) is 80.8 cm³/mol. The van der Waals surface area contributed by atoms with Gasteiger partial charge in [0.2, 0.25) is 0 Å². The third-order valence-electron chi connectivity index (χ3n) is 4.41. The number of ether oxygens (including phenoxy) is 2. The van der Waals surface area contributed by atoms with Gasteiger partial charge in [0.25, 0.3) is 10.1 Å². The minimum Gasteiger partial charge on any atom is -0.463 e. The van der Waals surface area contributed by atoms with Crippen molar-refractivity contribution in [1.29, 1.82) is 0 Å². The van der Waals surface area contributed by atoms with E-state index < -0.39 is 39.5 Å². The summed E-state index contributed by atoms with van der Waals surface area (Å²) < 4.78 is 39.2. The maximum atomic E-state index is 11.9. The van der Waals surface area contributed by atoms with Crippen molar-refractivity contribution in [2.24, 2.45) is 11.8 Å². The Balaban J connectivity index is 1.86. The number of hydrogen-bond donors (Lipinski definition) is 0. The molecule has 1 aliphatic carbocycles. The van der Waals surface area contributed by atoms with Gasteiger partial charge in [0.05, 0.1) is 11.9 Å². The van der Waals surface area contributed by atoms with Crippen LogP contribution in [0.2, 0.25) is 0 Å². The Morgan fingerprint density at radius 3 is 2.70 bits per heavy atom. The summed E-state index contributed by atoms with van der Waals surface area (Å²) in [6.45, 7) is 7.04. The molecule has 0 aromatic heterocycles. The molecular weight excluding hydrogens is 324 g/mol. The summed E-state index contributed by atoms with van der Waals surface area (Å²) in [5.41, 5.74) is 0. The van der Waals surface area contributed by atoms with Crippen LogP contribution in [0.5, 0.6) is 0 Å². The van der Waals surface area contributed by atoms with Gasteiger partial charge in [-0.05, 0) is 18.8 Å². The van der Waals surface area contributed by atoms with Crippen molar-refractivity contribution in [2.45, 2.75) is 50.6 Å². The molecule has 0 amide bonds. The van der Waals surface area contributed by atoms with E-state index in [-0.39, 0.29) is 24.9 Å². The maximum absolute atomic E-state index is 11.9. The molecule has 130 valence electrons. The van der Waals surface area contributed by atoms with Gasteiger partial charge < -0.3 is 9.47 Å². The van der Waals surface area contributed by atoms with E-state index >= 15 is 0 Å². The zero-order valence-corrected chi connectivity index (χ0v) is 14.1. The summed E-state index contributed by atoms with van der Waals surface area (Å²) in [6.07, 6.45) is 0.719. The van der Waals surface area contributed by atoms with Crippen LogP contribution in [0.4, 0.5) is 0 Å². The lowest BCUT2D eigenvalue weighted by molar-refractivity contribution is -0.161. The van der Waals surface area contributed by atoms with Crippen LogP contribution < -0.4 is 0 Å². The molecule has 5 atom stereocenters. The van der Waals surface area contributed by atoms with Crippen LogP contribution in [0, 0.1) is 11.8 Å². The molecule has 0 radical (unpaired) electrons. The van der Waals surface area contributed by atoms with Crippen molar-refractivity contribution in [3.63, 3.8) is 0 Å². The number of esters is 2. The van der Waals surface area contributed by atoms with Crippen molar-refractivity contribution in [3.8, 4) is 0 Å². The second-order valence-corrected chi connectivity index (χ2v) is 7.88. The van der Waals surface area contributed by atoms with E-state index in [2.05, 4.69) is 6.58 Å². The van der Waals surface area contributed by atoms with Crippen LogP contribution in [0.25, 0.3) is 0 Å². The van der Waals surface area contributed by atoms with Crippen LogP contribution in [-0.2, 0) is 33.4 Å². The fraction of sp³-hybridized carbons (Fsp3) is 0.733. The van der Waals surface area contributed by atoms with Crippen molar-refractivity contribution in [2.75, 3.05) is 6.61 Å². The first kappa shape index (κ1) is 17.9. The normalized spacial score (nSPS) is 34.6. The highest BCUT2D eigenvalue weighted by molar-refractivity contribution is 7.87. The fourth-order valence-electron chi connectivity index (χ4n) is 3.14. The molecule has 5 unspecified atom stereocenters. The molecule has 1 saturated heterocycles. The van der Waals surface area contributed by atoms with Gasteiger partial charge in [-0.15, -0.1) is 0 Å². The van der Waals surface area contributed by atoms with Crippen molar-refractivity contribution in [1.82, 2.24) is 0 Å². The smallest absolute Gasteiger partial charge is 0.330 e. The molecule has 2 bridgehead atoms. The summed E-state index contributed by atoms with van der Waals surface area (Å²) in [7, 11) is -3.57. The van der Waals surface area contributed by atoms with Crippen molar-refractivity contribution < 1.29 is 31.7 Å². The molecule has 0 aromatic carbocycles. The van der Waals surface area contributed by atoms with E-state index in [1.807, 2.05) is 6.92 Å². The minimum absolute atomic E-state index is 0.0824. The first-order chi connectivity index (χ1) is 10.8. The predicted octanol–water partition coefficient (Wildman–Crippen LogP) is 1.18. The standard InChI is InChI=1S/C15H22O7S/c1-4-12(16)20-7-5-6-13(17)21-14-9(2)8-11-10(3)15(14)22-23(11,18)19/h4,9-11,14-15H,1,5-8H2,2-3H3. The van der Waals surface area contributed by atoms with Gasteiger partial charge >= 0.3 is 11.9 Å². The Kier molecular flexibility index (Phi) is 5.46. The van der Waals surface area contributed by atoms with E-state index in [0.29, 0.717) is 12.8 Å². The molecule has 2 aliphatic rings. The highest BCUT2D eigenvalue weighted by Crippen LogP contribution is 2.44. The first-order valence-corrected chi connectivity index (χ1v) is 9.14. The van der Waals surface area contributed by atoms with E-state index in [1.165, 1.54) is 0 Å². The topological polar surface area (TPSA) is 96.0 Å². The molecule has 8 heteroatoms. The molecule has 1 heterocycles. The van der Waals surface area contributed by atoms with Crippen LogP contribution in [0.3, 0.4) is 0 Å². The molecule has 2 rings (SSSR count). The Morgan fingerprint density at radius 1 is 1.35 bits per heavy atom. The lowest BCUT2D eigenvalue weighted by atomic mass is 9.79. The van der Waals surface area contributed by atoms with Crippen molar-refractivity contribution >= 4 is 22.1 Å². The number of carbonyl (C=O) groups is 2. The Hall–Kier alpha value is -1.41. The molecule has 1 aliphatic heterocycles. The summed E-state index contributed by atoms with van der Waals surface area (Å²) in [5.74, 6) is -1.26. The summed E-state index contributed by atoms with van der Waals surface area (Å²) in [5, 5.41) is -0.518. The van der Waals surface area contributed by atoms with E-state index in [4.69, 9.17) is 13.7 Å². The zero-order chi connectivity index (χ0) is 17.2. The average molecular weight is 346 g/mol. The molecular formula is C15H22O7S.